The maximum Gasteiger partial charge on any atom is 0.0547 e. The van der Waals surface area contributed by atoms with Crippen LogP contribution < -0.4 is 5.32 Å². The maximum absolute atomic E-state index is 5.68. The van der Waals surface area contributed by atoms with E-state index < -0.39 is 0 Å². The van der Waals surface area contributed by atoms with Gasteiger partial charge in [-0.25, -0.2) is 0 Å². The molecular formula is C17H29N3O. The van der Waals surface area contributed by atoms with Gasteiger partial charge in [0.15, 0.2) is 0 Å². The van der Waals surface area contributed by atoms with Crippen LogP contribution in [0.25, 0.3) is 0 Å². The highest BCUT2D eigenvalue weighted by molar-refractivity contribution is 5.03. The number of likely N-dealkylation sites (N-methyl/N-ethyl adjacent to an activating group) is 1. The number of pyridine rings is 1. The SMILES string of the molecule is CC(C)NCC1(CN(C)CCc2ccccn2)CCOC1. The lowest BCUT2D eigenvalue weighted by Crippen LogP contribution is -2.45. The summed E-state index contributed by atoms with van der Waals surface area (Å²) >= 11 is 0. The van der Waals surface area contributed by atoms with E-state index in [4.69, 9.17) is 4.74 Å². The molecule has 1 atom stereocenters. The topological polar surface area (TPSA) is 37.4 Å². The van der Waals surface area contributed by atoms with Crippen LogP contribution in [0.3, 0.4) is 0 Å². The summed E-state index contributed by atoms with van der Waals surface area (Å²) in [6.45, 7) is 9.34. The van der Waals surface area contributed by atoms with E-state index >= 15 is 0 Å². The fourth-order valence-electron chi connectivity index (χ4n) is 2.89. The van der Waals surface area contributed by atoms with E-state index in [1.165, 1.54) is 5.69 Å². The van der Waals surface area contributed by atoms with E-state index in [1.807, 2.05) is 12.3 Å². The van der Waals surface area contributed by atoms with Gasteiger partial charge in [-0.2, -0.15) is 0 Å². The Bertz CT molecular complexity index is 402. The van der Waals surface area contributed by atoms with E-state index in [2.05, 4.69) is 48.2 Å². The molecule has 1 aromatic heterocycles. The molecule has 0 bridgehead atoms. The molecule has 118 valence electrons. The molecular weight excluding hydrogens is 262 g/mol. The Morgan fingerprint density at radius 1 is 1.43 bits per heavy atom. The minimum atomic E-state index is 0.267. The summed E-state index contributed by atoms with van der Waals surface area (Å²) < 4.78 is 5.68. The number of nitrogens with zero attached hydrogens (tertiary/aromatic N) is 2. The van der Waals surface area contributed by atoms with Crippen LogP contribution in [-0.4, -0.2) is 55.8 Å². The summed E-state index contributed by atoms with van der Waals surface area (Å²) in [5.74, 6) is 0. The van der Waals surface area contributed by atoms with Crippen LogP contribution in [0.4, 0.5) is 0 Å². The van der Waals surface area contributed by atoms with E-state index in [9.17, 15) is 0 Å². The third kappa shape index (κ3) is 5.38. The van der Waals surface area contributed by atoms with Gasteiger partial charge in [0.1, 0.15) is 0 Å². The van der Waals surface area contributed by atoms with Crippen LogP contribution in [0.5, 0.6) is 0 Å². The number of aromatic nitrogens is 1. The lowest BCUT2D eigenvalue weighted by molar-refractivity contribution is 0.117. The van der Waals surface area contributed by atoms with Crippen LogP contribution in [-0.2, 0) is 11.2 Å². The van der Waals surface area contributed by atoms with Crippen molar-refractivity contribution in [2.75, 3.05) is 39.9 Å². The van der Waals surface area contributed by atoms with Gasteiger partial charge in [0.05, 0.1) is 6.61 Å². The minimum absolute atomic E-state index is 0.267. The molecule has 2 heterocycles. The first-order valence-electron chi connectivity index (χ1n) is 7.99. The molecule has 2 rings (SSSR count). The first-order valence-corrected chi connectivity index (χ1v) is 7.99. The Kier molecular flexibility index (Phi) is 6.15. The van der Waals surface area contributed by atoms with Gasteiger partial charge in [0.25, 0.3) is 0 Å². The van der Waals surface area contributed by atoms with E-state index in [-0.39, 0.29) is 5.41 Å². The standard InChI is InChI=1S/C17H29N3O/c1-15(2)19-12-17(8-11-21-14-17)13-20(3)10-7-16-6-4-5-9-18-16/h4-6,9,15,19H,7-8,10-14H2,1-3H3. The molecule has 0 saturated carbocycles. The molecule has 1 aromatic rings. The predicted octanol–water partition coefficient (Wildman–Crippen LogP) is 1.96. The molecule has 4 nitrogen and oxygen atoms in total. The van der Waals surface area contributed by atoms with Crippen LogP contribution in [0, 0.1) is 5.41 Å². The van der Waals surface area contributed by atoms with Crippen molar-refractivity contribution in [3.8, 4) is 0 Å². The average Bonchev–Trinajstić information content (AvgIpc) is 2.93. The Morgan fingerprint density at radius 3 is 2.90 bits per heavy atom. The maximum atomic E-state index is 5.68. The Labute approximate surface area is 128 Å². The first-order chi connectivity index (χ1) is 10.1. The zero-order valence-corrected chi connectivity index (χ0v) is 13.6. The van der Waals surface area contributed by atoms with Gasteiger partial charge >= 0.3 is 0 Å². The Morgan fingerprint density at radius 2 is 2.29 bits per heavy atom. The third-order valence-corrected chi connectivity index (χ3v) is 4.15. The normalized spacial score (nSPS) is 22.3. The molecule has 0 radical (unpaired) electrons. The molecule has 1 aliphatic heterocycles. The van der Waals surface area contributed by atoms with Crippen molar-refractivity contribution >= 4 is 0 Å². The molecule has 1 saturated heterocycles. The van der Waals surface area contributed by atoms with Crippen molar-refractivity contribution < 1.29 is 4.74 Å². The summed E-state index contributed by atoms with van der Waals surface area (Å²) in [7, 11) is 2.21. The van der Waals surface area contributed by atoms with Gasteiger partial charge < -0.3 is 15.0 Å². The second kappa shape index (κ2) is 7.87. The Balaban J connectivity index is 1.82. The second-order valence-corrected chi connectivity index (χ2v) is 6.65. The fraction of sp³-hybridized carbons (Fsp3) is 0.706. The van der Waals surface area contributed by atoms with E-state index in [0.29, 0.717) is 6.04 Å². The molecule has 1 fully saturated rings. The van der Waals surface area contributed by atoms with Crippen LogP contribution in [0.1, 0.15) is 26.0 Å². The number of ether oxygens (including phenoxy) is 1. The average molecular weight is 291 g/mol. The van der Waals surface area contributed by atoms with Crippen LogP contribution in [0.15, 0.2) is 24.4 Å². The molecule has 1 unspecified atom stereocenters. The quantitative estimate of drug-likeness (QED) is 0.794. The zero-order valence-electron chi connectivity index (χ0n) is 13.6. The zero-order chi connectivity index (χ0) is 15.1. The highest BCUT2D eigenvalue weighted by atomic mass is 16.5. The molecule has 21 heavy (non-hydrogen) atoms. The molecule has 0 aromatic carbocycles. The monoisotopic (exact) mass is 291 g/mol. The van der Waals surface area contributed by atoms with Crippen molar-refractivity contribution in [3.05, 3.63) is 30.1 Å². The van der Waals surface area contributed by atoms with Gasteiger partial charge in [-0.1, -0.05) is 19.9 Å². The summed E-state index contributed by atoms with van der Waals surface area (Å²) in [5.41, 5.74) is 1.43. The number of hydrogen-bond donors (Lipinski definition) is 1. The molecule has 4 heteroatoms. The van der Waals surface area contributed by atoms with Crippen molar-refractivity contribution in [2.24, 2.45) is 5.41 Å². The highest BCUT2D eigenvalue weighted by Gasteiger charge is 2.35. The summed E-state index contributed by atoms with van der Waals surface area (Å²) in [6, 6.07) is 6.65. The lowest BCUT2D eigenvalue weighted by atomic mass is 9.86. The van der Waals surface area contributed by atoms with Crippen molar-refractivity contribution in [1.29, 1.82) is 0 Å². The van der Waals surface area contributed by atoms with Gasteiger partial charge in [-0.3, -0.25) is 4.98 Å². The molecule has 0 spiro atoms. The van der Waals surface area contributed by atoms with Crippen molar-refractivity contribution in [2.45, 2.75) is 32.7 Å². The fourth-order valence-corrected chi connectivity index (χ4v) is 2.89. The second-order valence-electron chi connectivity index (χ2n) is 6.65. The smallest absolute Gasteiger partial charge is 0.0547 e. The highest BCUT2D eigenvalue weighted by Crippen LogP contribution is 2.29. The number of hydrogen-bond acceptors (Lipinski definition) is 4. The van der Waals surface area contributed by atoms with Gasteiger partial charge in [0.2, 0.25) is 0 Å². The van der Waals surface area contributed by atoms with Crippen LogP contribution >= 0.6 is 0 Å². The van der Waals surface area contributed by atoms with Gasteiger partial charge in [-0.05, 0) is 25.6 Å². The van der Waals surface area contributed by atoms with Gasteiger partial charge in [0, 0.05) is 56.0 Å². The summed E-state index contributed by atoms with van der Waals surface area (Å²) in [6.07, 6.45) is 4.03. The molecule has 1 N–H and O–H groups in total. The summed E-state index contributed by atoms with van der Waals surface area (Å²) in [5, 5.41) is 3.59. The molecule has 1 aliphatic rings. The Hall–Kier alpha value is -0.970. The van der Waals surface area contributed by atoms with Gasteiger partial charge in [-0.15, -0.1) is 0 Å². The van der Waals surface area contributed by atoms with Crippen molar-refractivity contribution in [3.63, 3.8) is 0 Å². The minimum Gasteiger partial charge on any atom is -0.381 e. The number of rotatable bonds is 8. The molecule has 0 amide bonds. The lowest BCUT2D eigenvalue weighted by Gasteiger charge is -2.33. The largest absolute Gasteiger partial charge is 0.381 e. The summed E-state index contributed by atoms with van der Waals surface area (Å²) in [4.78, 5) is 6.82. The molecule has 0 aliphatic carbocycles. The van der Waals surface area contributed by atoms with E-state index in [1.54, 1.807) is 0 Å². The number of nitrogens with one attached hydrogen (secondary N) is 1. The van der Waals surface area contributed by atoms with Crippen LogP contribution in [0.2, 0.25) is 0 Å². The van der Waals surface area contributed by atoms with Crippen molar-refractivity contribution in [1.82, 2.24) is 15.2 Å². The predicted molar refractivity (Wildman–Crippen MR) is 86.4 cm³/mol. The first kappa shape index (κ1) is 16.4. The third-order valence-electron chi connectivity index (χ3n) is 4.15. The van der Waals surface area contributed by atoms with E-state index in [0.717, 1.165) is 45.7 Å².